The van der Waals surface area contributed by atoms with Gasteiger partial charge in [-0.2, -0.15) is 0 Å². The Balaban J connectivity index is 0.000000520. The minimum atomic E-state index is -1.17. The number of aryl methyl sites for hydroxylation is 1. The summed E-state index contributed by atoms with van der Waals surface area (Å²) in [6.45, 7) is 13.9. The number of carbonyl (C=O) groups excluding carboxylic acids is 2. The lowest BCUT2D eigenvalue weighted by atomic mass is 9.89. The van der Waals surface area contributed by atoms with Gasteiger partial charge in [-0.1, -0.05) is 137 Å². The molecule has 8 heteroatoms. The second-order valence-electron chi connectivity index (χ2n) is 14.7. The van der Waals surface area contributed by atoms with E-state index in [1.165, 1.54) is 31.7 Å². The van der Waals surface area contributed by atoms with Crippen LogP contribution in [-0.2, 0) is 22.3 Å². The summed E-state index contributed by atoms with van der Waals surface area (Å²) in [5.41, 5.74) is 2.20. The molecule has 2 aromatic rings. The number of hydrogen-bond acceptors (Lipinski definition) is 6. The lowest BCUT2D eigenvalue weighted by Crippen LogP contribution is -2.15. The molecule has 0 aliphatic carbocycles. The first-order valence-electron chi connectivity index (χ1n) is 20.0. The molecule has 2 rings (SSSR count). The van der Waals surface area contributed by atoms with E-state index in [0.717, 1.165) is 94.6 Å². The van der Waals surface area contributed by atoms with Crippen molar-refractivity contribution in [2.24, 2.45) is 11.8 Å². The van der Waals surface area contributed by atoms with E-state index in [1.807, 2.05) is 6.07 Å². The molecule has 0 unspecified atom stereocenters. The molecule has 0 saturated heterocycles. The van der Waals surface area contributed by atoms with E-state index < -0.39 is 23.9 Å². The summed E-state index contributed by atoms with van der Waals surface area (Å²) in [6, 6.07) is 10.00. The molecule has 0 radical (unpaired) electrons. The zero-order chi connectivity index (χ0) is 38.7. The van der Waals surface area contributed by atoms with Crippen molar-refractivity contribution >= 4 is 23.9 Å². The van der Waals surface area contributed by atoms with Crippen LogP contribution in [0, 0.1) is 11.8 Å². The van der Waals surface area contributed by atoms with Gasteiger partial charge in [0.15, 0.2) is 0 Å². The van der Waals surface area contributed by atoms with Gasteiger partial charge in [-0.05, 0) is 79.7 Å². The minimum Gasteiger partial charge on any atom is -0.478 e. The van der Waals surface area contributed by atoms with Crippen LogP contribution in [0.3, 0.4) is 0 Å². The van der Waals surface area contributed by atoms with Crippen LogP contribution in [0.5, 0.6) is 0 Å². The van der Waals surface area contributed by atoms with E-state index in [1.54, 1.807) is 24.3 Å². The lowest BCUT2D eigenvalue weighted by molar-refractivity contribution is 0.0450. The molecule has 2 aromatic carbocycles. The summed E-state index contributed by atoms with van der Waals surface area (Å²) in [5, 5.41) is 19.0. The number of ether oxygens (including phenoxy) is 2. The number of carboxylic acids is 2. The summed E-state index contributed by atoms with van der Waals surface area (Å²) < 4.78 is 10.6. The fourth-order valence-electron chi connectivity index (χ4n) is 6.09. The first-order chi connectivity index (χ1) is 24.9. The Morgan fingerprint density at radius 2 is 1.00 bits per heavy atom. The smallest absolute Gasteiger partial charge is 0.339 e. The molecular formula is C44H68O8. The molecule has 0 heterocycles. The largest absolute Gasteiger partial charge is 0.478 e. The SMILES string of the molecule is CC(C)CCCCc1ccc(C(=O)O)c(C(=O)O)c1CCCCC(C)C.CCCCCCCOC(=O)c1ccccc1C(=O)OCCCCCCC. The maximum atomic E-state index is 12.3. The third kappa shape index (κ3) is 19.2. The Morgan fingerprint density at radius 3 is 1.42 bits per heavy atom. The van der Waals surface area contributed by atoms with Gasteiger partial charge in [-0.25, -0.2) is 19.2 Å². The zero-order valence-corrected chi connectivity index (χ0v) is 33.1. The highest BCUT2D eigenvalue weighted by Crippen LogP contribution is 2.25. The lowest BCUT2D eigenvalue weighted by Gasteiger charge is -2.16. The highest BCUT2D eigenvalue weighted by Gasteiger charge is 2.23. The van der Waals surface area contributed by atoms with Gasteiger partial charge >= 0.3 is 23.9 Å². The second kappa shape index (κ2) is 27.9. The van der Waals surface area contributed by atoms with Crippen LogP contribution in [0.1, 0.15) is 197 Å². The number of esters is 2. The molecule has 0 fully saturated rings. The molecule has 0 saturated carbocycles. The summed E-state index contributed by atoms with van der Waals surface area (Å²) in [7, 11) is 0. The quantitative estimate of drug-likeness (QED) is 0.0725. The molecular weight excluding hydrogens is 656 g/mol. The number of carbonyl (C=O) groups is 4. The van der Waals surface area contributed by atoms with Crippen molar-refractivity contribution in [3.05, 3.63) is 69.8 Å². The van der Waals surface area contributed by atoms with Crippen molar-refractivity contribution in [3.63, 3.8) is 0 Å². The molecule has 292 valence electrons. The molecule has 8 nitrogen and oxygen atoms in total. The maximum absolute atomic E-state index is 12.3. The number of hydrogen-bond donors (Lipinski definition) is 2. The number of unbranched alkanes of at least 4 members (excludes halogenated alkanes) is 10. The molecule has 0 aliphatic rings. The first kappa shape index (κ1) is 46.3. The monoisotopic (exact) mass is 724 g/mol. The van der Waals surface area contributed by atoms with Gasteiger partial charge in [0.05, 0.1) is 35.5 Å². The first-order valence-corrected chi connectivity index (χ1v) is 20.0. The Kier molecular flexibility index (Phi) is 24.9. The van der Waals surface area contributed by atoms with Gasteiger partial charge in [-0.15, -0.1) is 0 Å². The van der Waals surface area contributed by atoms with Crippen molar-refractivity contribution in [1.29, 1.82) is 0 Å². The fourth-order valence-corrected chi connectivity index (χ4v) is 6.09. The van der Waals surface area contributed by atoms with Gasteiger partial charge in [-0.3, -0.25) is 0 Å². The highest BCUT2D eigenvalue weighted by atomic mass is 16.5. The average Bonchev–Trinajstić information content (AvgIpc) is 3.11. The standard InChI is InChI=1S/2C22H34O4/c1-15(2)9-5-7-11-17-13-14-19(21(23)24)20(22(25)26)18(17)12-8-6-10-16(3)4;1-3-5-7-9-13-17-25-21(23)19-15-11-12-16-20(19)22(24)26-18-14-10-8-6-4-2/h13-16H,5-12H2,1-4H3,(H,23,24)(H,25,26);11-12,15-16H,3-10,13-14,17-18H2,1-2H3. The van der Waals surface area contributed by atoms with E-state index in [-0.39, 0.29) is 22.3 Å². The summed E-state index contributed by atoms with van der Waals surface area (Å²) >= 11 is 0. The highest BCUT2D eigenvalue weighted by molar-refractivity contribution is 6.03. The van der Waals surface area contributed by atoms with Crippen molar-refractivity contribution in [2.75, 3.05) is 13.2 Å². The molecule has 2 N–H and O–H groups in total. The van der Waals surface area contributed by atoms with Crippen LogP contribution in [0.4, 0.5) is 0 Å². The van der Waals surface area contributed by atoms with Crippen molar-refractivity contribution < 1.29 is 38.9 Å². The topological polar surface area (TPSA) is 127 Å². The van der Waals surface area contributed by atoms with Crippen molar-refractivity contribution in [1.82, 2.24) is 0 Å². The van der Waals surface area contributed by atoms with Gasteiger partial charge < -0.3 is 19.7 Å². The number of benzene rings is 2. The van der Waals surface area contributed by atoms with Crippen LogP contribution in [0.25, 0.3) is 0 Å². The maximum Gasteiger partial charge on any atom is 0.339 e. The number of rotatable bonds is 26. The van der Waals surface area contributed by atoms with Gasteiger partial charge in [0.25, 0.3) is 0 Å². The Hall–Kier alpha value is -3.68. The summed E-state index contributed by atoms with van der Waals surface area (Å²) in [5.74, 6) is -1.92. The molecule has 0 bridgehead atoms. The van der Waals surface area contributed by atoms with Gasteiger partial charge in [0.1, 0.15) is 0 Å². The van der Waals surface area contributed by atoms with E-state index in [4.69, 9.17) is 9.47 Å². The molecule has 0 amide bonds. The Bertz CT molecular complexity index is 1280. The Morgan fingerprint density at radius 1 is 0.538 bits per heavy atom. The van der Waals surface area contributed by atoms with Crippen LogP contribution < -0.4 is 0 Å². The molecule has 0 spiro atoms. The van der Waals surface area contributed by atoms with Crippen molar-refractivity contribution in [3.8, 4) is 0 Å². The minimum absolute atomic E-state index is 0.0107. The van der Waals surface area contributed by atoms with Gasteiger partial charge in [0, 0.05) is 0 Å². The molecule has 0 aromatic heterocycles. The fraction of sp³-hybridized carbons (Fsp3) is 0.636. The van der Waals surface area contributed by atoms with E-state index >= 15 is 0 Å². The van der Waals surface area contributed by atoms with E-state index in [9.17, 15) is 29.4 Å². The summed E-state index contributed by atoms with van der Waals surface area (Å²) in [6.07, 6.45) is 18.7. The van der Waals surface area contributed by atoms with Crippen LogP contribution in [0.15, 0.2) is 36.4 Å². The zero-order valence-electron chi connectivity index (χ0n) is 33.1. The van der Waals surface area contributed by atoms with Crippen molar-refractivity contribution in [2.45, 2.75) is 157 Å². The Labute approximate surface area is 314 Å². The predicted molar refractivity (Wildman–Crippen MR) is 210 cm³/mol. The number of aromatic carboxylic acids is 2. The van der Waals surface area contributed by atoms with E-state index in [0.29, 0.717) is 31.5 Å². The predicted octanol–water partition coefficient (Wildman–Crippen LogP) is 11.8. The third-order valence-corrected chi connectivity index (χ3v) is 9.12. The van der Waals surface area contributed by atoms with E-state index in [2.05, 4.69) is 41.5 Å². The molecule has 52 heavy (non-hydrogen) atoms. The number of carboxylic acid groups (broad SMARTS) is 2. The summed E-state index contributed by atoms with van der Waals surface area (Å²) in [4.78, 5) is 47.8. The average molecular weight is 725 g/mol. The molecule has 0 atom stereocenters. The van der Waals surface area contributed by atoms with Crippen LogP contribution in [-0.4, -0.2) is 47.3 Å². The van der Waals surface area contributed by atoms with Gasteiger partial charge in [0.2, 0.25) is 0 Å². The van der Waals surface area contributed by atoms with Crippen LogP contribution in [0.2, 0.25) is 0 Å². The second-order valence-corrected chi connectivity index (χ2v) is 14.7. The third-order valence-electron chi connectivity index (χ3n) is 9.12. The van der Waals surface area contributed by atoms with Crippen LogP contribution >= 0.6 is 0 Å². The normalized spacial score (nSPS) is 10.9. The molecule has 0 aliphatic heterocycles.